The van der Waals surface area contributed by atoms with Crippen LogP contribution >= 0.6 is 0 Å². The van der Waals surface area contributed by atoms with Gasteiger partial charge >= 0.3 is 5.97 Å². The molecular formula is C13H24N2O2. The quantitative estimate of drug-likeness (QED) is 0.789. The third-order valence-corrected chi connectivity index (χ3v) is 4.72. The molecule has 0 amide bonds. The van der Waals surface area contributed by atoms with Crippen LogP contribution in [0.5, 0.6) is 0 Å². The van der Waals surface area contributed by atoms with Gasteiger partial charge in [0.15, 0.2) is 0 Å². The Balaban J connectivity index is 1.95. The van der Waals surface area contributed by atoms with E-state index in [1.807, 2.05) is 6.92 Å². The lowest BCUT2D eigenvalue weighted by atomic mass is 9.90. The average Bonchev–Trinajstić information content (AvgIpc) is 2.67. The monoisotopic (exact) mass is 240 g/mol. The molecule has 0 bridgehead atoms. The molecule has 4 heteroatoms. The van der Waals surface area contributed by atoms with E-state index in [2.05, 4.69) is 23.8 Å². The van der Waals surface area contributed by atoms with Gasteiger partial charge in [-0.05, 0) is 53.2 Å². The zero-order valence-electron chi connectivity index (χ0n) is 11.1. The van der Waals surface area contributed by atoms with Gasteiger partial charge in [-0.3, -0.25) is 9.69 Å². The van der Waals surface area contributed by atoms with E-state index in [0.29, 0.717) is 12.1 Å². The summed E-state index contributed by atoms with van der Waals surface area (Å²) in [6.07, 6.45) is 3.14. The van der Waals surface area contributed by atoms with Crippen LogP contribution in [0.2, 0.25) is 0 Å². The number of nitrogens with zero attached hydrogens (tertiary/aromatic N) is 2. The van der Waals surface area contributed by atoms with E-state index in [1.54, 1.807) is 0 Å². The lowest BCUT2D eigenvalue weighted by Gasteiger charge is -2.39. The maximum absolute atomic E-state index is 11.2. The Hall–Kier alpha value is -0.610. The molecule has 3 atom stereocenters. The van der Waals surface area contributed by atoms with E-state index in [9.17, 15) is 9.90 Å². The lowest BCUT2D eigenvalue weighted by molar-refractivity contribution is -0.147. The number of carbonyl (C=O) groups is 1. The summed E-state index contributed by atoms with van der Waals surface area (Å²) in [5.74, 6) is -0.638. The molecule has 0 spiro atoms. The van der Waals surface area contributed by atoms with Crippen molar-refractivity contribution in [1.29, 1.82) is 0 Å². The van der Waals surface area contributed by atoms with Gasteiger partial charge in [0.1, 0.15) is 0 Å². The highest BCUT2D eigenvalue weighted by atomic mass is 16.4. The van der Waals surface area contributed by atoms with E-state index in [4.69, 9.17) is 0 Å². The molecule has 4 nitrogen and oxygen atoms in total. The van der Waals surface area contributed by atoms with Crippen LogP contribution in [-0.4, -0.2) is 59.6 Å². The number of carboxylic acids is 1. The Morgan fingerprint density at radius 1 is 1.41 bits per heavy atom. The van der Waals surface area contributed by atoms with Crippen LogP contribution in [0.1, 0.15) is 33.1 Å². The summed E-state index contributed by atoms with van der Waals surface area (Å²) in [4.78, 5) is 16.0. The fraction of sp³-hybridized carbons (Fsp3) is 0.923. The second-order valence-electron chi connectivity index (χ2n) is 6.09. The fourth-order valence-electron chi connectivity index (χ4n) is 3.08. The molecule has 3 unspecified atom stereocenters. The molecule has 2 fully saturated rings. The van der Waals surface area contributed by atoms with E-state index in [0.717, 1.165) is 26.1 Å². The number of carboxylic acid groups (broad SMARTS) is 1. The maximum Gasteiger partial charge on any atom is 0.310 e. The minimum atomic E-state index is -0.638. The van der Waals surface area contributed by atoms with Crippen molar-refractivity contribution in [2.75, 3.05) is 26.7 Å². The van der Waals surface area contributed by atoms with Gasteiger partial charge in [0.05, 0.1) is 5.41 Å². The Morgan fingerprint density at radius 2 is 2.12 bits per heavy atom. The molecule has 98 valence electrons. The molecule has 0 saturated carbocycles. The Kier molecular flexibility index (Phi) is 3.46. The highest BCUT2D eigenvalue weighted by Gasteiger charge is 2.43. The highest BCUT2D eigenvalue weighted by molar-refractivity contribution is 5.74. The zero-order chi connectivity index (χ0) is 12.6. The molecule has 0 aromatic rings. The molecular weight excluding hydrogens is 216 g/mol. The van der Waals surface area contributed by atoms with Crippen LogP contribution in [-0.2, 0) is 4.79 Å². The minimum absolute atomic E-state index is 0.521. The molecule has 2 aliphatic rings. The number of piperidine rings is 1. The zero-order valence-corrected chi connectivity index (χ0v) is 11.1. The van der Waals surface area contributed by atoms with Crippen molar-refractivity contribution in [3.05, 3.63) is 0 Å². The molecule has 2 saturated heterocycles. The molecule has 2 aliphatic heterocycles. The second-order valence-corrected chi connectivity index (χ2v) is 6.09. The van der Waals surface area contributed by atoms with Crippen molar-refractivity contribution in [2.24, 2.45) is 5.41 Å². The van der Waals surface area contributed by atoms with E-state index in [1.165, 1.54) is 12.8 Å². The van der Waals surface area contributed by atoms with E-state index in [-0.39, 0.29) is 0 Å². The van der Waals surface area contributed by atoms with Gasteiger partial charge < -0.3 is 10.0 Å². The molecule has 2 rings (SSSR count). The standard InChI is InChI=1S/C13H24N2O2/c1-10-8-11(4-6-14(10)3)15-7-5-13(2,9-15)12(16)17/h10-11H,4-9H2,1-3H3,(H,16,17). The van der Waals surface area contributed by atoms with Gasteiger partial charge in [0.2, 0.25) is 0 Å². The summed E-state index contributed by atoms with van der Waals surface area (Å²) in [6.45, 7) is 6.95. The predicted octanol–water partition coefficient (Wildman–Crippen LogP) is 1.27. The largest absolute Gasteiger partial charge is 0.481 e. The first kappa shape index (κ1) is 12.8. The van der Waals surface area contributed by atoms with Gasteiger partial charge in [0.25, 0.3) is 0 Å². The highest BCUT2D eigenvalue weighted by Crippen LogP contribution is 2.34. The number of aliphatic carboxylic acids is 1. The second kappa shape index (κ2) is 4.58. The normalized spacial score (nSPS) is 40.6. The number of likely N-dealkylation sites (tertiary alicyclic amines) is 2. The number of hydrogen-bond acceptors (Lipinski definition) is 3. The molecule has 0 radical (unpaired) electrons. The Labute approximate surface area is 104 Å². The van der Waals surface area contributed by atoms with Gasteiger partial charge in [-0.25, -0.2) is 0 Å². The van der Waals surface area contributed by atoms with E-state index < -0.39 is 11.4 Å². The summed E-state index contributed by atoms with van der Waals surface area (Å²) in [7, 11) is 2.17. The van der Waals surface area contributed by atoms with Crippen LogP contribution in [0.4, 0.5) is 0 Å². The summed E-state index contributed by atoms with van der Waals surface area (Å²) >= 11 is 0. The van der Waals surface area contributed by atoms with Crippen molar-refractivity contribution in [3.63, 3.8) is 0 Å². The summed E-state index contributed by atoms with van der Waals surface area (Å²) in [5.41, 5.74) is -0.521. The summed E-state index contributed by atoms with van der Waals surface area (Å²) in [6, 6.07) is 1.20. The Morgan fingerprint density at radius 3 is 2.65 bits per heavy atom. The Bertz CT molecular complexity index is 308. The summed E-state index contributed by atoms with van der Waals surface area (Å²) < 4.78 is 0. The van der Waals surface area contributed by atoms with E-state index >= 15 is 0 Å². The smallest absolute Gasteiger partial charge is 0.310 e. The van der Waals surface area contributed by atoms with Crippen molar-refractivity contribution in [1.82, 2.24) is 9.80 Å². The van der Waals surface area contributed by atoms with Gasteiger partial charge in [0, 0.05) is 18.6 Å². The molecule has 0 aromatic heterocycles. The molecule has 0 aromatic carbocycles. The molecule has 1 N–H and O–H groups in total. The first-order chi connectivity index (χ1) is 7.92. The number of rotatable bonds is 2. The van der Waals surface area contributed by atoms with Gasteiger partial charge in [-0.1, -0.05) is 0 Å². The topological polar surface area (TPSA) is 43.8 Å². The predicted molar refractivity (Wildman–Crippen MR) is 67.0 cm³/mol. The average molecular weight is 240 g/mol. The third-order valence-electron chi connectivity index (χ3n) is 4.72. The molecule has 17 heavy (non-hydrogen) atoms. The van der Waals surface area contributed by atoms with Crippen molar-refractivity contribution in [2.45, 2.75) is 45.2 Å². The van der Waals surface area contributed by atoms with Crippen LogP contribution in [0, 0.1) is 5.41 Å². The van der Waals surface area contributed by atoms with Gasteiger partial charge in [-0.2, -0.15) is 0 Å². The third kappa shape index (κ3) is 2.47. The molecule has 2 heterocycles. The fourth-order valence-corrected chi connectivity index (χ4v) is 3.08. The van der Waals surface area contributed by atoms with Crippen molar-refractivity contribution in [3.8, 4) is 0 Å². The summed E-state index contributed by atoms with van der Waals surface area (Å²) in [5, 5.41) is 9.25. The van der Waals surface area contributed by atoms with Crippen LogP contribution in [0.3, 0.4) is 0 Å². The first-order valence-corrected chi connectivity index (χ1v) is 6.60. The van der Waals surface area contributed by atoms with Crippen molar-refractivity contribution >= 4 is 5.97 Å². The van der Waals surface area contributed by atoms with Crippen LogP contribution in [0.25, 0.3) is 0 Å². The maximum atomic E-state index is 11.2. The number of hydrogen-bond donors (Lipinski definition) is 1. The minimum Gasteiger partial charge on any atom is -0.481 e. The van der Waals surface area contributed by atoms with Crippen LogP contribution < -0.4 is 0 Å². The lowest BCUT2D eigenvalue weighted by Crippen LogP contribution is -2.47. The first-order valence-electron chi connectivity index (χ1n) is 6.60. The van der Waals surface area contributed by atoms with Crippen LogP contribution in [0.15, 0.2) is 0 Å². The SMILES string of the molecule is CC1CC(N2CCC(C)(C(=O)O)C2)CCN1C. The van der Waals surface area contributed by atoms with Crippen molar-refractivity contribution < 1.29 is 9.90 Å². The molecule has 0 aliphatic carbocycles. The van der Waals surface area contributed by atoms with Gasteiger partial charge in [-0.15, -0.1) is 0 Å².